The number of hydrogen-bond donors (Lipinski definition) is 1. The summed E-state index contributed by atoms with van der Waals surface area (Å²) in [7, 11) is 0. The second-order valence-corrected chi connectivity index (χ2v) is 8.19. The van der Waals surface area contributed by atoms with Gasteiger partial charge in [0.15, 0.2) is 5.11 Å². The molecule has 160 valence electrons. The molecule has 5 nitrogen and oxygen atoms in total. The summed E-state index contributed by atoms with van der Waals surface area (Å²) < 4.78 is 19.8. The highest BCUT2D eigenvalue weighted by atomic mass is 79.9. The maximum atomic E-state index is 13.2. The van der Waals surface area contributed by atoms with Crippen molar-refractivity contribution < 1.29 is 18.7 Å². The SMILES string of the molecule is O=C1NC(=S)N(c2ccccc2)C(=O)/C1=C\c1cc(Br)ccc1OCc1ccc(F)cc1. The molecule has 0 spiro atoms. The number of benzene rings is 3. The molecule has 0 aliphatic carbocycles. The molecule has 32 heavy (non-hydrogen) atoms. The predicted molar refractivity (Wildman–Crippen MR) is 128 cm³/mol. The highest BCUT2D eigenvalue weighted by Gasteiger charge is 2.34. The molecule has 1 aliphatic rings. The smallest absolute Gasteiger partial charge is 0.270 e. The van der Waals surface area contributed by atoms with E-state index in [1.54, 1.807) is 54.6 Å². The fourth-order valence-corrected chi connectivity index (χ4v) is 3.79. The van der Waals surface area contributed by atoms with Crippen molar-refractivity contribution in [3.8, 4) is 5.75 Å². The molecule has 8 heteroatoms. The first-order valence-electron chi connectivity index (χ1n) is 9.55. The molecule has 3 aromatic rings. The number of anilines is 1. The zero-order chi connectivity index (χ0) is 22.7. The topological polar surface area (TPSA) is 58.6 Å². The fourth-order valence-electron chi connectivity index (χ4n) is 3.13. The number of rotatable bonds is 5. The third kappa shape index (κ3) is 4.76. The first-order chi connectivity index (χ1) is 15.4. The van der Waals surface area contributed by atoms with Crippen LogP contribution in [0.3, 0.4) is 0 Å². The van der Waals surface area contributed by atoms with Crippen LogP contribution in [0.4, 0.5) is 10.1 Å². The second-order valence-electron chi connectivity index (χ2n) is 6.89. The van der Waals surface area contributed by atoms with Crippen LogP contribution in [0, 0.1) is 5.82 Å². The fraction of sp³-hybridized carbons (Fsp3) is 0.0417. The van der Waals surface area contributed by atoms with Crippen molar-refractivity contribution >= 4 is 56.8 Å². The highest BCUT2D eigenvalue weighted by molar-refractivity contribution is 9.10. The zero-order valence-corrected chi connectivity index (χ0v) is 19.0. The Morgan fingerprint density at radius 1 is 1.03 bits per heavy atom. The number of hydrogen-bond acceptors (Lipinski definition) is 4. The van der Waals surface area contributed by atoms with Gasteiger partial charge < -0.3 is 4.74 Å². The van der Waals surface area contributed by atoms with Crippen molar-refractivity contribution in [1.29, 1.82) is 0 Å². The Morgan fingerprint density at radius 3 is 2.47 bits per heavy atom. The number of halogens is 2. The molecule has 1 N–H and O–H groups in total. The third-order valence-corrected chi connectivity index (χ3v) is 5.47. The summed E-state index contributed by atoms with van der Waals surface area (Å²) in [5.41, 5.74) is 1.78. The molecule has 1 fully saturated rings. The van der Waals surface area contributed by atoms with E-state index < -0.39 is 11.8 Å². The highest BCUT2D eigenvalue weighted by Crippen LogP contribution is 2.28. The lowest BCUT2D eigenvalue weighted by Crippen LogP contribution is -2.54. The van der Waals surface area contributed by atoms with Crippen LogP contribution in [0.2, 0.25) is 0 Å². The minimum atomic E-state index is -0.586. The van der Waals surface area contributed by atoms with Crippen LogP contribution >= 0.6 is 28.1 Å². The van der Waals surface area contributed by atoms with Crippen molar-refractivity contribution in [2.24, 2.45) is 0 Å². The number of nitrogens with zero attached hydrogens (tertiary/aromatic N) is 1. The van der Waals surface area contributed by atoms with Gasteiger partial charge in [-0.3, -0.25) is 19.8 Å². The van der Waals surface area contributed by atoms with E-state index in [0.717, 1.165) is 10.0 Å². The summed E-state index contributed by atoms with van der Waals surface area (Å²) >= 11 is 8.63. The number of carbonyl (C=O) groups is 2. The molecule has 3 aromatic carbocycles. The van der Waals surface area contributed by atoms with E-state index in [-0.39, 0.29) is 23.1 Å². The molecular weight excluding hydrogens is 495 g/mol. The van der Waals surface area contributed by atoms with Gasteiger partial charge in [-0.1, -0.05) is 46.3 Å². The number of carbonyl (C=O) groups excluding carboxylic acids is 2. The summed E-state index contributed by atoms with van der Waals surface area (Å²) in [6.45, 7) is 0.193. The lowest BCUT2D eigenvalue weighted by Gasteiger charge is -2.29. The minimum absolute atomic E-state index is 0.0189. The van der Waals surface area contributed by atoms with Crippen LogP contribution in [0.1, 0.15) is 11.1 Å². The summed E-state index contributed by atoms with van der Waals surface area (Å²) in [5, 5.41) is 2.59. The largest absolute Gasteiger partial charge is 0.488 e. The number of amides is 2. The Labute approximate surface area is 197 Å². The summed E-state index contributed by atoms with van der Waals surface area (Å²) in [5.74, 6) is -0.985. The van der Waals surface area contributed by atoms with Gasteiger partial charge in [0.25, 0.3) is 11.8 Å². The van der Waals surface area contributed by atoms with E-state index in [4.69, 9.17) is 17.0 Å². The van der Waals surface area contributed by atoms with Gasteiger partial charge in [-0.2, -0.15) is 0 Å². The molecule has 4 rings (SSSR count). The van der Waals surface area contributed by atoms with Crippen LogP contribution in [0.15, 0.2) is 82.8 Å². The van der Waals surface area contributed by atoms with Gasteiger partial charge in [0.1, 0.15) is 23.7 Å². The first-order valence-corrected chi connectivity index (χ1v) is 10.8. The van der Waals surface area contributed by atoms with Gasteiger partial charge in [0.05, 0.1) is 5.69 Å². The average Bonchev–Trinajstić information content (AvgIpc) is 2.78. The van der Waals surface area contributed by atoms with E-state index in [2.05, 4.69) is 21.2 Å². The van der Waals surface area contributed by atoms with Gasteiger partial charge >= 0.3 is 0 Å². The van der Waals surface area contributed by atoms with Gasteiger partial charge in [-0.05, 0) is 66.3 Å². The monoisotopic (exact) mass is 510 g/mol. The summed E-state index contributed by atoms with van der Waals surface area (Å²) in [4.78, 5) is 27.1. The Hall–Kier alpha value is -3.36. The van der Waals surface area contributed by atoms with Crippen molar-refractivity contribution in [3.05, 3.63) is 99.8 Å². The number of para-hydroxylation sites is 1. The molecule has 0 saturated carbocycles. The molecule has 0 bridgehead atoms. The second kappa shape index (κ2) is 9.42. The summed E-state index contributed by atoms with van der Waals surface area (Å²) in [6, 6.07) is 20.1. The van der Waals surface area contributed by atoms with Gasteiger partial charge in [0, 0.05) is 10.0 Å². The number of ether oxygens (including phenoxy) is 1. The van der Waals surface area contributed by atoms with Gasteiger partial charge in [0.2, 0.25) is 0 Å². The van der Waals surface area contributed by atoms with Crippen molar-refractivity contribution in [2.45, 2.75) is 6.61 Å². The summed E-state index contributed by atoms with van der Waals surface area (Å²) in [6.07, 6.45) is 1.47. The number of thiocarbonyl (C=S) groups is 1. The van der Waals surface area contributed by atoms with Crippen LogP contribution in [0.25, 0.3) is 6.08 Å². The molecule has 1 heterocycles. The number of nitrogens with one attached hydrogen (secondary N) is 1. The molecule has 1 saturated heterocycles. The Bertz CT molecular complexity index is 1230. The van der Waals surface area contributed by atoms with E-state index in [1.165, 1.54) is 23.1 Å². The minimum Gasteiger partial charge on any atom is -0.488 e. The maximum Gasteiger partial charge on any atom is 0.270 e. The van der Waals surface area contributed by atoms with E-state index in [9.17, 15) is 14.0 Å². The molecule has 1 aliphatic heterocycles. The molecule has 2 amide bonds. The molecular formula is C24H16BrFN2O3S. The Balaban J connectivity index is 1.66. The van der Waals surface area contributed by atoms with Gasteiger partial charge in [-0.25, -0.2) is 4.39 Å². The van der Waals surface area contributed by atoms with Crippen LogP contribution in [-0.4, -0.2) is 16.9 Å². The van der Waals surface area contributed by atoms with Crippen molar-refractivity contribution in [3.63, 3.8) is 0 Å². The Kier molecular flexibility index (Phi) is 6.43. The molecule has 0 aromatic heterocycles. The van der Waals surface area contributed by atoms with Crippen LogP contribution < -0.4 is 15.0 Å². The lowest BCUT2D eigenvalue weighted by molar-refractivity contribution is -0.122. The van der Waals surface area contributed by atoms with Crippen molar-refractivity contribution in [1.82, 2.24) is 5.32 Å². The quantitative estimate of drug-likeness (QED) is 0.298. The third-order valence-electron chi connectivity index (χ3n) is 4.70. The predicted octanol–water partition coefficient (Wildman–Crippen LogP) is 5.00. The van der Waals surface area contributed by atoms with Gasteiger partial charge in [-0.15, -0.1) is 0 Å². The Morgan fingerprint density at radius 2 is 1.75 bits per heavy atom. The van der Waals surface area contributed by atoms with E-state index in [1.807, 2.05) is 6.07 Å². The maximum absolute atomic E-state index is 13.2. The standard InChI is InChI=1S/C24H16BrFN2O3S/c25-17-8-11-21(31-14-15-6-9-18(26)10-7-15)16(12-17)13-20-22(29)27-24(32)28(23(20)30)19-4-2-1-3-5-19/h1-13H,14H2,(H,27,29,32)/b20-13-. The normalized spacial score (nSPS) is 15.1. The van der Waals surface area contributed by atoms with Crippen LogP contribution in [-0.2, 0) is 16.2 Å². The van der Waals surface area contributed by atoms with E-state index in [0.29, 0.717) is 17.0 Å². The van der Waals surface area contributed by atoms with Crippen LogP contribution in [0.5, 0.6) is 5.75 Å². The lowest BCUT2D eigenvalue weighted by atomic mass is 10.1. The molecule has 0 radical (unpaired) electrons. The molecule has 0 atom stereocenters. The zero-order valence-electron chi connectivity index (χ0n) is 16.5. The van der Waals surface area contributed by atoms with E-state index >= 15 is 0 Å². The van der Waals surface area contributed by atoms with Crippen molar-refractivity contribution in [2.75, 3.05) is 4.90 Å². The average molecular weight is 511 g/mol. The molecule has 0 unspecified atom stereocenters. The first kappa shape index (κ1) is 21.9.